The number of benzene rings is 1. The Morgan fingerprint density at radius 3 is 2.68 bits per heavy atom. The van der Waals surface area contributed by atoms with Gasteiger partial charge in [-0.1, -0.05) is 13.3 Å². The number of carbonyl (C=O) groups is 1. The molecule has 0 bridgehead atoms. The Labute approximate surface area is 120 Å². The first kappa shape index (κ1) is 13.8. The van der Waals surface area contributed by atoms with E-state index in [0.717, 1.165) is 29.5 Å². The average molecular weight is 322 g/mol. The molecule has 1 amide bonds. The number of hydrogen-bond donors (Lipinski definition) is 1. The Kier molecular flexibility index (Phi) is 4.74. The van der Waals surface area contributed by atoms with Crippen LogP contribution in [0.25, 0.3) is 5.69 Å². The highest BCUT2D eigenvalue weighted by atomic mass is 79.9. The first-order valence-electron chi connectivity index (χ1n) is 6.29. The molecule has 0 radical (unpaired) electrons. The third-order valence-corrected chi connectivity index (χ3v) is 3.17. The number of carbonyl (C=O) groups excluding carboxylic acids is 1. The van der Waals surface area contributed by atoms with Crippen LogP contribution in [-0.2, 0) is 0 Å². The normalized spacial score (nSPS) is 10.4. The zero-order valence-corrected chi connectivity index (χ0v) is 12.4. The van der Waals surface area contributed by atoms with Gasteiger partial charge in [0.2, 0.25) is 0 Å². The summed E-state index contributed by atoms with van der Waals surface area (Å²) >= 11 is 3.35. The molecule has 1 aromatic heterocycles. The molecule has 2 rings (SSSR count). The summed E-state index contributed by atoms with van der Waals surface area (Å²) in [6.07, 6.45) is 5.68. The first-order chi connectivity index (χ1) is 9.20. The second kappa shape index (κ2) is 6.52. The number of halogens is 1. The molecule has 0 atom stereocenters. The van der Waals surface area contributed by atoms with Crippen LogP contribution >= 0.6 is 15.9 Å². The minimum atomic E-state index is -0.0263. The van der Waals surface area contributed by atoms with Gasteiger partial charge in [-0.25, -0.2) is 4.68 Å². The second-order valence-electron chi connectivity index (χ2n) is 4.26. The quantitative estimate of drug-likeness (QED) is 0.860. The van der Waals surface area contributed by atoms with Crippen molar-refractivity contribution in [3.63, 3.8) is 0 Å². The lowest BCUT2D eigenvalue weighted by Crippen LogP contribution is -2.24. The number of nitrogens with one attached hydrogen (secondary N) is 1. The minimum Gasteiger partial charge on any atom is -0.352 e. The number of nitrogens with zero attached hydrogens (tertiary/aromatic N) is 2. The summed E-state index contributed by atoms with van der Waals surface area (Å²) in [5, 5.41) is 7.08. The van der Waals surface area contributed by atoms with Gasteiger partial charge >= 0.3 is 0 Å². The van der Waals surface area contributed by atoms with Crippen molar-refractivity contribution >= 4 is 21.8 Å². The maximum atomic E-state index is 11.8. The Bertz CT molecular complexity index is 548. The maximum absolute atomic E-state index is 11.8. The SMILES string of the molecule is CCCCNC(=O)c1ccc(-n2cc(Br)cn2)cc1. The Morgan fingerprint density at radius 2 is 2.11 bits per heavy atom. The highest BCUT2D eigenvalue weighted by molar-refractivity contribution is 9.10. The van der Waals surface area contributed by atoms with Crippen molar-refractivity contribution in [1.82, 2.24) is 15.1 Å². The Hall–Kier alpha value is -1.62. The molecule has 0 saturated carbocycles. The molecule has 1 N–H and O–H groups in total. The van der Waals surface area contributed by atoms with Crippen molar-refractivity contribution in [2.75, 3.05) is 6.54 Å². The van der Waals surface area contributed by atoms with Gasteiger partial charge in [0, 0.05) is 18.3 Å². The summed E-state index contributed by atoms with van der Waals surface area (Å²) in [4.78, 5) is 11.8. The van der Waals surface area contributed by atoms with Crippen molar-refractivity contribution in [2.24, 2.45) is 0 Å². The van der Waals surface area contributed by atoms with E-state index in [0.29, 0.717) is 5.56 Å². The van der Waals surface area contributed by atoms with Gasteiger partial charge in [0.1, 0.15) is 0 Å². The molecule has 1 aromatic carbocycles. The predicted octanol–water partition coefficient (Wildman–Crippen LogP) is 3.16. The molecule has 0 saturated heterocycles. The molecule has 100 valence electrons. The third kappa shape index (κ3) is 3.67. The number of aromatic nitrogens is 2. The molecule has 0 aliphatic heterocycles. The summed E-state index contributed by atoms with van der Waals surface area (Å²) in [5.74, 6) is -0.0263. The zero-order chi connectivity index (χ0) is 13.7. The van der Waals surface area contributed by atoms with Crippen LogP contribution < -0.4 is 5.32 Å². The van der Waals surface area contributed by atoms with E-state index in [4.69, 9.17) is 0 Å². The van der Waals surface area contributed by atoms with Crippen LogP contribution in [0.3, 0.4) is 0 Å². The van der Waals surface area contributed by atoms with Crippen LogP contribution in [0.2, 0.25) is 0 Å². The van der Waals surface area contributed by atoms with Gasteiger partial charge < -0.3 is 5.32 Å². The van der Waals surface area contributed by atoms with Crippen LogP contribution in [-0.4, -0.2) is 22.2 Å². The zero-order valence-electron chi connectivity index (χ0n) is 10.8. The van der Waals surface area contributed by atoms with Crippen LogP contribution in [0.5, 0.6) is 0 Å². The molecule has 0 aliphatic rings. The van der Waals surface area contributed by atoms with E-state index in [2.05, 4.69) is 33.3 Å². The maximum Gasteiger partial charge on any atom is 0.251 e. The van der Waals surface area contributed by atoms with Crippen molar-refractivity contribution in [3.05, 3.63) is 46.7 Å². The third-order valence-electron chi connectivity index (χ3n) is 2.76. The topological polar surface area (TPSA) is 46.9 Å². The summed E-state index contributed by atoms with van der Waals surface area (Å²) in [7, 11) is 0. The summed E-state index contributed by atoms with van der Waals surface area (Å²) < 4.78 is 2.68. The summed E-state index contributed by atoms with van der Waals surface area (Å²) in [5.41, 5.74) is 1.60. The molecular formula is C14H16BrN3O. The molecule has 2 aromatic rings. The highest BCUT2D eigenvalue weighted by Gasteiger charge is 2.05. The fraction of sp³-hybridized carbons (Fsp3) is 0.286. The van der Waals surface area contributed by atoms with E-state index < -0.39 is 0 Å². The van der Waals surface area contributed by atoms with Crippen LogP contribution in [0, 0.1) is 0 Å². The van der Waals surface area contributed by atoms with Gasteiger partial charge in [-0.15, -0.1) is 0 Å². The first-order valence-corrected chi connectivity index (χ1v) is 7.09. The molecule has 0 unspecified atom stereocenters. The van der Waals surface area contributed by atoms with Gasteiger partial charge in [0.25, 0.3) is 5.91 Å². The molecule has 4 nitrogen and oxygen atoms in total. The molecule has 5 heteroatoms. The van der Waals surface area contributed by atoms with E-state index in [1.54, 1.807) is 10.9 Å². The largest absolute Gasteiger partial charge is 0.352 e. The van der Waals surface area contributed by atoms with E-state index in [1.807, 2.05) is 30.5 Å². The van der Waals surface area contributed by atoms with Crippen LogP contribution in [0.1, 0.15) is 30.1 Å². The van der Waals surface area contributed by atoms with Crippen molar-refractivity contribution in [1.29, 1.82) is 0 Å². The van der Waals surface area contributed by atoms with E-state index >= 15 is 0 Å². The molecule has 1 heterocycles. The van der Waals surface area contributed by atoms with Crippen LogP contribution in [0.4, 0.5) is 0 Å². The second-order valence-corrected chi connectivity index (χ2v) is 5.18. The molecule has 0 spiro atoms. The number of hydrogen-bond acceptors (Lipinski definition) is 2. The lowest BCUT2D eigenvalue weighted by molar-refractivity contribution is 0.0953. The summed E-state index contributed by atoms with van der Waals surface area (Å²) in [6.45, 7) is 2.83. The predicted molar refractivity (Wildman–Crippen MR) is 78.5 cm³/mol. The number of rotatable bonds is 5. The average Bonchev–Trinajstić information content (AvgIpc) is 2.86. The van der Waals surface area contributed by atoms with E-state index in [1.165, 1.54) is 0 Å². The van der Waals surface area contributed by atoms with Gasteiger partial charge in [-0.05, 0) is 46.6 Å². The molecule has 0 aliphatic carbocycles. The fourth-order valence-corrected chi connectivity index (χ4v) is 1.97. The minimum absolute atomic E-state index is 0.0263. The van der Waals surface area contributed by atoms with Crippen LogP contribution in [0.15, 0.2) is 41.1 Å². The molecular weight excluding hydrogens is 306 g/mol. The van der Waals surface area contributed by atoms with Gasteiger partial charge in [-0.2, -0.15) is 5.10 Å². The van der Waals surface area contributed by atoms with Crippen molar-refractivity contribution in [3.8, 4) is 5.69 Å². The van der Waals surface area contributed by atoms with Crippen molar-refractivity contribution < 1.29 is 4.79 Å². The highest BCUT2D eigenvalue weighted by Crippen LogP contribution is 2.13. The molecule has 0 fully saturated rings. The lowest BCUT2D eigenvalue weighted by Gasteiger charge is -2.05. The van der Waals surface area contributed by atoms with Gasteiger partial charge in [0.15, 0.2) is 0 Å². The smallest absolute Gasteiger partial charge is 0.251 e. The van der Waals surface area contributed by atoms with E-state index in [9.17, 15) is 4.79 Å². The standard InChI is InChI=1S/C14H16BrN3O/c1-2-3-8-16-14(19)11-4-6-13(7-5-11)18-10-12(15)9-17-18/h4-7,9-10H,2-3,8H2,1H3,(H,16,19). The Balaban J connectivity index is 2.04. The monoisotopic (exact) mass is 321 g/mol. The Morgan fingerprint density at radius 1 is 1.37 bits per heavy atom. The number of unbranched alkanes of at least 4 members (excludes halogenated alkanes) is 1. The van der Waals surface area contributed by atoms with Gasteiger partial charge in [-0.3, -0.25) is 4.79 Å². The van der Waals surface area contributed by atoms with Gasteiger partial charge in [0.05, 0.1) is 16.4 Å². The summed E-state index contributed by atoms with van der Waals surface area (Å²) in [6, 6.07) is 7.39. The lowest BCUT2D eigenvalue weighted by atomic mass is 10.2. The number of amides is 1. The fourth-order valence-electron chi connectivity index (χ4n) is 1.69. The molecule has 19 heavy (non-hydrogen) atoms. The van der Waals surface area contributed by atoms with Crippen molar-refractivity contribution in [2.45, 2.75) is 19.8 Å². The van der Waals surface area contributed by atoms with E-state index in [-0.39, 0.29) is 5.91 Å².